The molecule has 4 nitrogen and oxygen atoms in total. The van der Waals surface area contributed by atoms with Gasteiger partial charge in [-0.05, 0) is 6.07 Å². The third kappa shape index (κ3) is 1.63. The van der Waals surface area contributed by atoms with E-state index < -0.39 is 5.97 Å². The number of halogens is 1. The Morgan fingerprint density at radius 3 is 2.60 bits per heavy atom. The van der Waals surface area contributed by atoms with Crippen LogP contribution in [-0.4, -0.2) is 15.9 Å². The van der Waals surface area contributed by atoms with Crippen molar-refractivity contribution in [2.24, 2.45) is 0 Å². The average molecular weight is 250 g/mol. The van der Waals surface area contributed by atoms with Gasteiger partial charge in [-0.2, -0.15) is 0 Å². The molecular weight excluding hydrogens is 247 g/mol. The summed E-state index contributed by atoms with van der Waals surface area (Å²) in [4.78, 5) is 18.0. The van der Waals surface area contributed by atoms with Gasteiger partial charge in [-0.15, -0.1) is 0 Å². The van der Waals surface area contributed by atoms with Crippen molar-refractivity contribution in [1.82, 2.24) is 9.97 Å². The predicted octanol–water partition coefficient (Wildman–Crippen LogP) is 0.983. The molecule has 0 N–H and O–H groups in total. The molecule has 0 aliphatic heterocycles. The smallest absolute Gasteiger partial charge is 0.385 e. The van der Waals surface area contributed by atoms with E-state index in [1.165, 1.54) is 35.4 Å². The zero-order valence-electron chi connectivity index (χ0n) is 4.82. The molecule has 1 rings (SSSR count). The number of carbonyl (C=O) groups excluding carboxylic acids is 1. The molecule has 1 aromatic rings. The van der Waals surface area contributed by atoms with Gasteiger partial charge in [-0.1, -0.05) is 0 Å². The third-order valence-electron chi connectivity index (χ3n) is 0.818. The van der Waals surface area contributed by atoms with Crippen molar-refractivity contribution in [3.8, 4) is 0 Å². The molecule has 0 saturated carbocycles. The highest BCUT2D eigenvalue weighted by Crippen LogP contribution is 1.95. The fourth-order valence-electron chi connectivity index (χ4n) is 0.439. The van der Waals surface area contributed by atoms with Gasteiger partial charge in [0, 0.05) is 12.4 Å². The molecule has 52 valence electrons. The van der Waals surface area contributed by atoms with E-state index in [0.29, 0.717) is 0 Å². The van der Waals surface area contributed by atoms with E-state index in [0.717, 1.165) is 0 Å². The van der Waals surface area contributed by atoms with Gasteiger partial charge in [0.05, 0.1) is 0 Å². The van der Waals surface area contributed by atoms with Crippen LogP contribution < -0.4 is 0 Å². The van der Waals surface area contributed by atoms with Crippen molar-refractivity contribution >= 4 is 29.0 Å². The number of carbonyl (C=O) groups is 1. The lowest BCUT2D eigenvalue weighted by Gasteiger charge is -1.91. The van der Waals surface area contributed by atoms with Crippen molar-refractivity contribution in [3.05, 3.63) is 24.3 Å². The summed E-state index contributed by atoms with van der Waals surface area (Å²) >= 11 is 1.49. The summed E-state index contributed by atoms with van der Waals surface area (Å²) in [5.41, 5.74) is 0. The molecule has 10 heavy (non-hydrogen) atoms. The molecule has 0 atom stereocenters. The summed E-state index contributed by atoms with van der Waals surface area (Å²) in [6, 6.07) is 1.63. The number of nitrogens with zero attached hydrogens (tertiary/aromatic N) is 2. The zero-order valence-corrected chi connectivity index (χ0v) is 6.98. The Kier molecular flexibility index (Phi) is 2.55. The predicted molar refractivity (Wildman–Crippen MR) is 41.5 cm³/mol. The van der Waals surface area contributed by atoms with Crippen molar-refractivity contribution in [2.45, 2.75) is 0 Å². The standard InChI is InChI=1S/C5H3IN2O2/c6-10-5(9)4-7-2-1-3-8-4/h1-3H. The number of hydrogen-bond acceptors (Lipinski definition) is 4. The Hall–Kier alpha value is -0.720. The van der Waals surface area contributed by atoms with E-state index in [-0.39, 0.29) is 5.82 Å². The highest BCUT2D eigenvalue weighted by Gasteiger charge is 2.06. The number of hydrogen-bond donors (Lipinski definition) is 0. The van der Waals surface area contributed by atoms with Gasteiger partial charge in [-0.25, -0.2) is 14.8 Å². The maximum Gasteiger partial charge on any atom is 0.385 e. The monoisotopic (exact) mass is 250 g/mol. The van der Waals surface area contributed by atoms with Crippen LogP contribution in [0.2, 0.25) is 0 Å². The summed E-state index contributed by atoms with van der Waals surface area (Å²) in [6.07, 6.45) is 2.96. The minimum absolute atomic E-state index is 0.0805. The van der Waals surface area contributed by atoms with E-state index >= 15 is 0 Å². The number of aromatic nitrogens is 2. The van der Waals surface area contributed by atoms with E-state index in [9.17, 15) is 4.79 Å². The minimum atomic E-state index is -0.527. The molecule has 0 spiro atoms. The van der Waals surface area contributed by atoms with E-state index in [1.54, 1.807) is 6.07 Å². The minimum Gasteiger partial charge on any atom is -0.389 e. The molecular formula is C5H3IN2O2. The van der Waals surface area contributed by atoms with Crippen LogP contribution in [0.3, 0.4) is 0 Å². The lowest BCUT2D eigenvalue weighted by Crippen LogP contribution is -2.02. The third-order valence-corrected chi connectivity index (χ3v) is 1.22. The van der Waals surface area contributed by atoms with Crippen molar-refractivity contribution in [1.29, 1.82) is 0 Å². The Morgan fingerprint density at radius 2 is 2.10 bits per heavy atom. The normalized spacial score (nSPS) is 8.90. The molecule has 0 bridgehead atoms. The van der Waals surface area contributed by atoms with Crippen LogP contribution in [0.25, 0.3) is 0 Å². The summed E-state index contributed by atoms with van der Waals surface area (Å²) in [5, 5.41) is 0. The highest BCUT2D eigenvalue weighted by atomic mass is 127. The average Bonchev–Trinajstić information content (AvgIpc) is 2.05. The molecule has 0 saturated heterocycles. The van der Waals surface area contributed by atoms with Crippen LogP contribution in [0, 0.1) is 0 Å². The van der Waals surface area contributed by atoms with Crippen LogP contribution in [0.5, 0.6) is 0 Å². The van der Waals surface area contributed by atoms with E-state index in [4.69, 9.17) is 0 Å². The van der Waals surface area contributed by atoms with Gasteiger partial charge in [0.15, 0.2) is 23.0 Å². The first-order chi connectivity index (χ1) is 4.84. The second-order valence-electron chi connectivity index (χ2n) is 1.44. The molecule has 0 aliphatic carbocycles. The Labute approximate surface area is 71.3 Å². The first-order valence-corrected chi connectivity index (χ1v) is 3.32. The van der Waals surface area contributed by atoms with E-state index in [2.05, 4.69) is 13.0 Å². The lowest BCUT2D eigenvalue weighted by atomic mass is 10.6. The molecule has 0 amide bonds. The Bertz CT molecular complexity index is 226. The van der Waals surface area contributed by atoms with Gasteiger partial charge in [0.1, 0.15) is 0 Å². The summed E-state index contributed by atoms with van der Waals surface area (Å²) in [7, 11) is 0. The fourth-order valence-corrected chi connectivity index (χ4v) is 0.636. The summed E-state index contributed by atoms with van der Waals surface area (Å²) in [6.45, 7) is 0. The second kappa shape index (κ2) is 3.45. The maximum absolute atomic E-state index is 10.7. The molecule has 0 aromatic carbocycles. The number of rotatable bonds is 1. The molecule has 1 heterocycles. The Morgan fingerprint density at radius 1 is 1.50 bits per heavy atom. The van der Waals surface area contributed by atoms with E-state index in [1.807, 2.05) is 0 Å². The van der Waals surface area contributed by atoms with Crippen molar-refractivity contribution < 1.29 is 7.86 Å². The van der Waals surface area contributed by atoms with Crippen LogP contribution in [0.15, 0.2) is 18.5 Å². The summed E-state index contributed by atoms with van der Waals surface area (Å²) < 4.78 is 4.34. The van der Waals surface area contributed by atoms with Gasteiger partial charge in [0.25, 0.3) is 0 Å². The molecule has 0 fully saturated rings. The zero-order chi connectivity index (χ0) is 7.40. The van der Waals surface area contributed by atoms with Crippen molar-refractivity contribution in [2.75, 3.05) is 0 Å². The van der Waals surface area contributed by atoms with Gasteiger partial charge >= 0.3 is 5.97 Å². The van der Waals surface area contributed by atoms with Gasteiger partial charge < -0.3 is 3.07 Å². The molecule has 0 unspecified atom stereocenters. The first-order valence-electron chi connectivity index (χ1n) is 2.44. The van der Waals surface area contributed by atoms with Crippen LogP contribution in [0.4, 0.5) is 0 Å². The van der Waals surface area contributed by atoms with Gasteiger partial charge in [0.2, 0.25) is 5.82 Å². The maximum atomic E-state index is 10.7. The SMILES string of the molecule is O=C(OI)c1ncccn1. The summed E-state index contributed by atoms with van der Waals surface area (Å²) in [5.74, 6) is -0.446. The Balaban J connectivity index is 2.85. The molecule has 0 aliphatic rings. The second-order valence-corrected chi connectivity index (χ2v) is 1.88. The molecule has 0 radical (unpaired) electrons. The van der Waals surface area contributed by atoms with Crippen LogP contribution in [0.1, 0.15) is 10.6 Å². The van der Waals surface area contributed by atoms with Crippen LogP contribution >= 0.6 is 23.0 Å². The van der Waals surface area contributed by atoms with Crippen LogP contribution in [-0.2, 0) is 3.07 Å². The van der Waals surface area contributed by atoms with Crippen molar-refractivity contribution in [3.63, 3.8) is 0 Å². The largest absolute Gasteiger partial charge is 0.389 e. The quantitative estimate of drug-likeness (QED) is 0.697. The molecule has 5 heteroatoms. The first kappa shape index (κ1) is 7.39. The van der Waals surface area contributed by atoms with Gasteiger partial charge in [-0.3, -0.25) is 0 Å². The topological polar surface area (TPSA) is 52.1 Å². The highest BCUT2D eigenvalue weighted by molar-refractivity contribution is 14.1. The fraction of sp³-hybridized carbons (Fsp3) is 0. The molecule has 1 aromatic heterocycles. The lowest BCUT2D eigenvalue weighted by molar-refractivity contribution is 0.0788.